The van der Waals surface area contributed by atoms with Crippen molar-refractivity contribution in [3.8, 4) is 0 Å². The standard InChI is InChI=1S/C18H34O/c1-3-4-5-14-19-18-12-10-17(11-13-18)16-8-6-15(2)7-9-16/h15-18H,3-14H2,1-2H3. The zero-order valence-electron chi connectivity index (χ0n) is 13.2. The molecular weight excluding hydrogens is 232 g/mol. The molecule has 1 heteroatoms. The van der Waals surface area contributed by atoms with Crippen LogP contribution in [0.5, 0.6) is 0 Å². The van der Waals surface area contributed by atoms with Crippen molar-refractivity contribution in [2.75, 3.05) is 6.61 Å². The Morgan fingerprint density at radius 2 is 1.37 bits per heavy atom. The number of hydrogen-bond acceptors (Lipinski definition) is 1. The summed E-state index contributed by atoms with van der Waals surface area (Å²) in [6.07, 6.45) is 16.0. The lowest BCUT2D eigenvalue weighted by Crippen LogP contribution is -2.28. The summed E-state index contributed by atoms with van der Waals surface area (Å²) in [4.78, 5) is 0. The first-order valence-corrected chi connectivity index (χ1v) is 8.91. The van der Waals surface area contributed by atoms with Crippen LogP contribution in [0.3, 0.4) is 0 Å². The number of ether oxygens (including phenoxy) is 1. The van der Waals surface area contributed by atoms with Gasteiger partial charge in [-0.05, 0) is 62.7 Å². The SMILES string of the molecule is CCCCCOC1CCC(C2CCC(C)CC2)CC1. The van der Waals surface area contributed by atoms with E-state index in [2.05, 4.69) is 13.8 Å². The Hall–Kier alpha value is -0.0400. The molecule has 2 aliphatic rings. The highest BCUT2D eigenvalue weighted by Crippen LogP contribution is 2.40. The molecular formula is C18H34O. The second-order valence-corrected chi connectivity index (χ2v) is 7.13. The first-order chi connectivity index (χ1) is 9.29. The molecule has 19 heavy (non-hydrogen) atoms. The molecule has 2 saturated carbocycles. The van der Waals surface area contributed by atoms with Crippen molar-refractivity contribution in [1.82, 2.24) is 0 Å². The van der Waals surface area contributed by atoms with Gasteiger partial charge in [-0.1, -0.05) is 39.5 Å². The Kier molecular flexibility index (Phi) is 6.70. The molecule has 2 aliphatic carbocycles. The number of hydrogen-bond donors (Lipinski definition) is 0. The fraction of sp³-hybridized carbons (Fsp3) is 1.00. The predicted octanol–water partition coefficient (Wildman–Crippen LogP) is 5.58. The topological polar surface area (TPSA) is 9.23 Å². The molecule has 0 spiro atoms. The van der Waals surface area contributed by atoms with Gasteiger partial charge >= 0.3 is 0 Å². The van der Waals surface area contributed by atoms with E-state index in [-0.39, 0.29) is 0 Å². The minimum absolute atomic E-state index is 0.593. The molecule has 2 fully saturated rings. The molecule has 0 bridgehead atoms. The maximum Gasteiger partial charge on any atom is 0.0575 e. The smallest absolute Gasteiger partial charge is 0.0575 e. The lowest BCUT2D eigenvalue weighted by atomic mass is 9.71. The van der Waals surface area contributed by atoms with Gasteiger partial charge in [-0.3, -0.25) is 0 Å². The Morgan fingerprint density at radius 3 is 1.95 bits per heavy atom. The van der Waals surface area contributed by atoms with Crippen LogP contribution in [0.1, 0.15) is 84.5 Å². The van der Waals surface area contributed by atoms with Crippen LogP contribution >= 0.6 is 0 Å². The zero-order chi connectivity index (χ0) is 13.5. The first-order valence-electron chi connectivity index (χ1n) is 8.91. The molecule has 0 aromatic carbocycles. The molecule has 0 atom stereocenters. The Bertz CT molecular complexity index is 222. The summed E-state index contributed by atoms with van der Waals surface area (Å²) in [6, 6.07) is 0. The van der Waals surface area contributed by atoms with Crippen molar-refractivity contribution in [1.29, 1.82) is 0 Å². The number of unbranched alkanes of at least 4 members (excludes halogenated alkanes) is 2. The van der Waals surface area contributed by atoms with Gasteiger partial charge in [0.25, 0.3) is 0 Å². The van der Waals surface area contributed by atoms with Crippen molar-refractivity contribution in [2.24, 2.45) is 17.8 Å². The first kappa shape index (κ1) is 15.4. The molecule has 0 amide bonds. The molecule has 2 rings (SSSR count). The molecule has 1 nitrogen and oxygen atoms in total. The van der Waals surface area contributed by atoms with E-state index in [1.807, 2.05) is 0 Å². The molecule has 0 N–H and O–H groups in total. The van der Waals surface area contributed by atoms with Crippen molar-refractivity contribution in [2.45, 2.75) is 90.6 Å². The maximum atomic E-state index is 6.04. The largest absolute Gasteiger partial charge is 0.378 e. The van der Waals surface area contributed by atoms with Crippen LogP contribution in [0, 0.1) is 17.8 Å². The van der Waals surface area contributed by atoms with E-state index in [4.69, 9.17) is 4.74 Å². The average molecular weight is 266 g/mol. The van der Waals surface area contributed by atoms with Gasteiger partial charge in [0.1, 0.15) is 0 Å². The highest BCUT2D eigenvalue weighted by molar-refractivity contribution is 4.81. The summed E-state index contributed by atoms with van der Waals surface area (Å²) in [7, 11) is 0. The van der Waals surface area contributed by atoms with Gasteiger partial charge in [0.2, 0.25) is 0 Å². The van der Waals surface area contributed by atoms with Crippen molar-refractivity contribution < 1.29 is 4.74 Å². The quantitative estimate of drug-likeness (QED) is 0.570. The molecule has 112 valence electrons. The van der Waals surface area contributed by atoms with E-state index in [1.54, 1.807) is 0 Å². The summed E-state index contributed by atoms with van der Waals surface area (Å²) < 4.78 is 6.04. The third kappa shape index (κ3) is 5.10. The third-order valence-corrected chi connectivity index (χ3v) is 5.55. The minimum Gasteiger partial charge on any atom is -0.378 e. The van der Waals surface area contributed by atoms with Crippen LogP contribution < -0.4 is 0 Å². The summed E-state index contributed by atoms with van der Waals surface area (Å²) in [5, 5.41) is 0. The lowest BCUT2D eigenvalue weighted by molar-refractivity contribution is 0.00575. The second-order valence-electron chi connectivity index (χ2n) is 7.13. The third-order valence-electron chi connectivity index (χ3n) is 5.55. The Morgan fingerprint density at radius 1 is 0.789 bits per heavy atom. The van der Waals surface area contributed by atoms with Crippen LogP contribution in [0.4, 0.5) is 0 Å². The average Bonchev–Trinajstić information content (AvgIpc) is 2.45. The monoisotopic (exact) mass is 266 g/mol. The molecule has 0 aromatic heterocycles. The van der Waals surface area contributed by atoms with E-state index in [9.17, 15) is 0 Å². The van der Waals surface area contributed by atoms with Gasteiger partial charge in [-0.15, -0.1) is 0 Å². The fourth-order valence-corrected chi connectivity index (χ4v) is 4.09. The second kappa shape index (κ2) is 8.29. The summed E-state index contributed by atoms with van der Waals surface area (Å²) in [5.41, 5.74) is 0. The van der Waals surface area contributed by atoms with E-state index in [0.29, 0.717) is 6.10 Å². The van der Waals surface area contributed by atoms with Gasteiger partial charge < -0.3 is 4.74 Å². The summed E-state index contributed by atoms with van der Waals surface area (Å²) in [5.74, 6) is 3.08. The van der Waals surface area contributed by atoms with Crippen molar-refractivity contribution in [3.05, 3.63) is 0 Å². The highest BCUT2D eigenvalue weighted by Gasteiger charge is 2.29. The van der Waals surface area contributed by atoms with Gasteiger partial charge in [0.15, 0.2) is 0 Å². The van der Waals surface area contributed by atoms with Gasteiger partial charge in [0, 0.05) is 6.61 Å². The van der Waals surface area contributed by atoms with E-state index in [1.165, 1.54) is 70.6 Å². The molecule has 0 heterocycles. The van der Waals surface area contributed by atoms with Gasteiger partial charge in [-0.25, -0.2) is 0 Å². The van der Waals surface area contributed by atoms with Crippen molar-refractivity contribution in [3.63, 3.8) is 0 Å². The van der Waals surface area contributed by atoms with Crippen LogP contribution in [0.25, 0.3) is 0 Å². The fourth-order valence-electron chi connectivity index (χ4n) is 4.09. The predicted molar refractivity (Wildman–Crippen MR) is 82.3 cm³/mol. The molecule has 0 aromatic rings. The summed E-state index contributed by atoms with van der Waals surface area (Å²) >= 11 is 0. The van der Waals surface area contributed by atoms with Crippen LogP contribution in [-0.4, -0.2) is 12.7 Å². The number of rotatable bonds is 6. The molecule has 0 saturated heterocycles. The Balaban J connectivity index is 1.59. The summed E-state index contributed by atoms with van der Waals surface area (Å²) in [6.45, 7) is 5.69. The van der Waals surface area contributed by atoms with Crippen LogP contribution in [-0.2, 0) is 4.74 Å². The molecule has 0 radical (unpaired) electrons. The van der Waals surface area contributed by atoms with Crippen LogP contribution in [0.15, 0.2) is 0 Å². The molecule has 0 aliphatic heterocycles. The minimum atomic E-state index is 0.593. The van der Waals surface area contributed by atoms with Gasteiger partial charge in [-0.2, -0.15) is 0 Å². The highest BCUT2D eigenvalue weighted by atomic mass is 16.5. The van der Waals surface area contributed by atoms with E-state index < -0.39 is 0 Å². The lowest BCUT2D eigenvalue weighted by Gasteiger charge is -2.37. The Labute approximate surface area is 120 Å². The zero-order valence-corrected chi connectivity index (χ0v) is 13.2. The van der Waals surface area contributed by atoms with Crippen molar-refractivity contribution >= 4 is 0 Å². The van der Waals surface area contributed by atoms with E-state index >= 15 is 0 Å². The van der Waals surface area contributed by atoms with E-state index in [0.717, 1.165) is 24.4 Å². The molecule has 0 unspecified atom stereocenters. The van der Waals surface area contributed by atoms with Crippen LogP contribution in [0.2, 0.25) is 0 Å². The van der Waals surface area contributed by atoms with Gasteiger partial charge in [0.05, 0.1) is 6.10 Å². The normalized spacial score (nSPS) is 36.3. The maximum absolute atomic E-state index is 6.04.